The second-order valence-corrected chi connectivity index (χ2v) is 11.3. The lowest BCUT2D eigenvalue weighted by Crippen LogP contribution is -2.20. The van der Waals surface area contributed by atoms with Crippen LogP contribution in [0.25, 0.3) is 44.5 Å². The molecule has 0 bridgehead atoms. The summed E-state index contributed by atoms with van der Waals surface area (Å²) in [6.45, 7) is 0.669. The van der Waals surface area contributed by atoms with Crippen LogP contribution in [-0.2, 0) is 6.42 Å². The number of rotatable bonds is 6. The van der Waals surface area contributed by atoms with Gasteiger partial charge in [0.15, 0.2) is 11.9 Å². The second kappa shape index (κ2) is 10.7. The van der Waals surface area contributed by atoms with Gasteiger partial charge in [0.25, 0.3) is 0 Å². The lowest BCUT2D eigenvalue weighted by molar-refractivity contribution is 0.112. The molecule has 0 fully saturated rings. The third-order valence-corrected chi connectivity index (χ3v) is 8.71. The maximum atomic E-state index is 11.7. The number of aryl methyl sites for hydroxylation is 1. The molecule has 220 valence electrons. The van der Waals surface area contributed by atoms with Crippen LogP contribution in [-0.4, -0.2) is 43.3 Å². The summed E-state index contributed by atoms with van der Waals surface area (Å²) in [4.78, 5) is 30.9. The van der Waals surface area contributed by atoms with E-state index in [9.17, 15) is 9.90 Å². The number of carbonyl (C=O) groups excluding carboxylic acids is 1. The molecule has 9 nitrogen and oxygen atoms in total. The normalized spacial score (nSPS) is 16.0. The molecule has 1 unspecified atom stereocenters. The fourth-order valence-electron chi connectivity index (χ4n) is 6.51. The molecule has 0 spiro atoms. The number of benzene rings is 3. The number of imidazole rings is 1. The van der Waals surface area contributed by atoms with E-state index in [-0.39, 0.29) is 17.4 Å². The van der Waals surface area contributed by atoms with Crippen molar-refractivity contribution in [1.29, 1.82) is 0 Å². The van der Waals surface area contributed by atoms with Gasteiger partial charge in [-0.2, -0.15) is 0 Å². The van der Waals surface area contributed by atoms with Gasteiger partial charge in [-0.15, -0.1) is 0 Å². The third-order valence-electron chi connectivity index (χ3n) is 8.71. The number of nitrogens with one attached hydrogen (secondary N) is 1. The number of aldehydes is 1. The Morgan fingerprint density at radius 3 is 2.71 bits per heavy atom. The SMILES string of the molecule is NC1=NCCC=C1c1nc2ccc(-c3ccccc3)nc2n1-c1ccc2c(c1)CCC2Nc1nccc2c(C=O)c(O)ccc12. The highest BCUT2D eigenvalue weighted by atomic mass is 16.3. The fraction of sp³-hybridized carbons (Fsp3) is 0.139. The lowest BCUT2D eigenvalue weighted by atomic mass is 10.0. The van der Waals surface area contributed by atoms with Crippen molar-refractivity contribution in [2.24, 2.45) is 10.7 Å². The molecule has 1 aliphatic heterocycles. The Kier molecular flexibility index (Phi) is 6.37. The predicted octanol–water partition coefficient (Wildman–Crippen LogP) is 6.40. The van der Waals surface area contributed by atoms with E-state index in [4.69, 9.17) is 15.7 Å². The first-order valence-corrected chi connectivity index (χ1v) is 15.0. The topological polar surface area (TPSA) is 131 Å². The summed E-state index contributed by atoms with van der Waals surface area (Å²) in [6, 6.07) is 25.8. The number of anilines is 1. The van der Waals surface area contributed by atoms with E-state index in [1.54, 1.807) is 18.3 Å². The molecule has 1 atom stereocenters. The molecule has 45 heavy (non-hydrogen) atoms. The highest BCUT2D eigenvalue weighted by molar-refractivity contribution is 6.22. The quantitative estimate of drug-likeness (QED) is 0.191. The maximum absolute atomic E-state index is 11.7. The van der Waals surface area contributed by atoms with Crippen LogP contribution in [0.5, 0.6) is 5.75 Å². The minimum absolute atomic E-state index is 0.0336. The highest BCUT2D eigenvalue weighted by Gasteiger charge is 2.26. The van der Waals surface area contributed by atoms with Crippen LogP contribution < -0.4 is 11.1 Å². The molecule has 4 heterocycles. The molecular formula is C36H29N7O2. The summed E-state index contributed by atoms with van der Waals surface area (Å²) in [5, 5.41) is 15.2. The molecule has 0 amide bonds. The summed E-state index contributed by atoms with van der Waals surface area (Å²) < 4.78 is 2.10. The first-order valence-electron chi connectivity index (χ1n) is 15.0. The number of phenols is 1. The van der Waals surface area contributed by atoms with E-state index in [0.717, 1.165) is 64.2 Å². The van der Waals surface area contributed by atoms with Gasteiger partial charge < -0.3 is 16.2 Å². The van der Waals surface area contributed by atoms with Crippen molar-refractivity contribution < 1.29 is 9.90 Å². The Labute approximate surface area is 258 Å². The number of nitrogens with two attached hydrogens (primary N) is 1. The van der Waals surface area contributed by atoms with E-state index in [1.807, 2.05) is 30.3 Å². The number of hydrogen-bond donors (Lipinski definition) is 3. The minimum Gasteiger partial charge on any atom is -0.507 e. The smallest absolute Gasteiger partial charge is 0.165 e. The van der Waals surface area contributed by atoms with Gasteiger partial charge in [0.1, 0.15) is 28.7 Å². The van der Waals surface area contributed by atoms with Crippen LogP contribution in [0.1, 0.15) is 46.2 Å². The Bertz CT molecular complexity index is 2200. The number of aromatic nitrogens is 4. The molecule has 4 N–H and O–H groups in total. The van der Waals surface area contributed by atoms with Crippen molar-refractivity contribution in [3.63, 3.8) is 0 Å². The van der Waals surface area contributed by atoms with Gasteiger partial charge in [0.2, 0.25) is 0 Å². The second-order valence-electron chi connectivity index (χ2n) is 11.3. The molecule has 0 saturated heterocycles. The van der Waals surface area contributed by atoms with Crippen molar-refractivity contribution in [3.05, 3.63) is 114 Å². The van der Waals surface area contributed by atoms with Gasteiger partial charge in [-0.25, -0.2) is 15.0 Å². The molecule has 8 rings (SSSR count). The monoisotopic (exact) mass is 591 g/mol. The number of dihydropyridines is 1. The lowest BCUT2D eigenvalue weighted by Gasteiger charge is -2.18. The first-order chi connectivity index (χ1) is 22.1. The maximum Gasteiger partial charge on any atom is 0.165 e. The van der Waals surface area contributed by atoms with Crippen LogP contribution in [0.15, 0.2) is 96.1 Å². The van der Waals surface area contributed by atoms with Gasteiger partial charge in [0.05, 0.1) is 22.9 Å². The minimum atomic E-state index is -0.0396. The van der Waals surface area contributed by atoms with Crippen molar-refractivity contribution in [3.8, 4) is 22.7 Å². The summed E-state index contributed by atoms with van der Waals surface area (Å²) >= 11 is 0. The summed E-state index contributed by atoms with van der Waals surface area (Å²) in [5.74, 6) is 1.85. The number of carbonyl (C=O) groups is 1. The number of pyridine rings is 2. The molecule has 1 aliphatic carbocycles. The molecular weight excluding hydrogens is 562 g/mol. The first kappa shape index (κ1) is 26.8. The molecule has 6 aromatic rings. The fourth-order valence-corrected chi connectivity index (χ4v) is 6.51. The van der Waals surface area contributed by atoms with Gasteiger partial charge in [-0.3, -0.25) is 14.4 Å². The number of aromatic hydroxyl groups is 1. The van der Waals surface area contributed by atoms with E-state index in [0.29, 0.717) is 29.9 Å². The van der Waals surface area contributed by atoms with Crippen LogP contribution in [0, 0.1) is 0 Å². The van der Waals surface area contributed by atoms with Gasteiger partial charge in [-0.05, 0) is 72.9 Å². The van der Waals surface area contributed by atoms with Crippen LogP contribution >= 0.6 is 0 Å². The number of nitrogens with zero attached hydrogens (tertiary/aromatic N) is 5. The van der Waals surface area contributed by atoms with Crippen LogP contribution in [0.3, 0.4) is 0 Å². The predicted molar refractivity (Wildman–Crippen MR) is 177 cm³/mol. The zero-order valence-electron chi connectivity index (χ0n) is 24.3. The number of amidine groups is 1. The van der Waals surface area contributed by atoms with E-state index in [1.165, 1.54) is 17.2 Å². The molecule has 0 saturated carbocycles. The van der Waals surface area contributed by atoms with E-state index >= 15 is 0 Å². The Balaban J connectivity index is 1.21. The van der Waals surface area contributed by atoms with Crippen molar-refractivity contribution in [1.82, 2.24) is 19.5 Å². The average Bonchev–Trinajstić information content (AvgIpc) is 3.66. The Morgan fingerprint density at radius 1 is 0.978 bits per heavy atom. The third kappa shape index (κ3) is 4.51. The van der Waals surface area contributed by atoms with Gasteiger partial charge >= 0.3 is 0 Å². The van der Waals surface area contributed by atoms with Gasteiger partial charge in [0, 0.05) is 34.8 Å². The van der Waals surface area contributed by atoms with E-state index < -0.39 is 0 Å². The van der Waals surface area contributed by atoms with Crippen LogP contribution in [0.4, 0.5) is 5.82 Å². The summed E-state index contributed by atoms with van der Waals surface area (Å²) in [6.07, 6.45) is 7.01. The molecule has 3 aromatic heterocycles. The number of aliphatic imine (C=N–C) groups is 1. The molecule has 3 aromatic carbocycles. The summed E-state index contributed by atoms with van der Waals surface area (Å²) in [7, 11) is 0. The van der Waals surface area contributed by atoms with Crippen molar-refractivity contribution >= 4 is 45.4 Å². The number of phenolic OH excluding ortho intramolecular Hbond substituents is 1. The van der Waals surface area contributed by atoms with Crippen LogP contribution in [0.2, 0.25) is 0 Å². The molecule has 2 aliphatic rings. The molecule has 0 radical (unpaired) electrons. The zero-order chi connectivity index (χ0) is 30.5. The summed E-state index contributed by atoms with van der Waals surface area (Å²) in [5.41, 5.74) is 14.3. The largest absolute Gasteiger partial charge is 0.507 e. The standard InChI is InChI=1S/C36H29N7O2/c37-33-27(7-4-17-38-33)35-42-31-14-13-29(21-5-2-1-3-6-21)41-36(31)43(35)23-9-10-24-22(19-23)8-12-30(24)40-34-26-11-15-32(45)28(20-44)25(26)16-18-39-34/h1-3,5-7,9-11,13-16,18-20,30,45H,4,8,12,17H2,(H2,37,38)(H,39,40). The van der Waals surface area contributed by atoms with E-state index in [2.05, 4.69) is 56.3 Å². The number of fused-ring (bicyclic) bond motifs is 3. The highest BCUT2D eigenvalue weighted by Crippen LogP contribution is 2.38. The zero-order valence-corrected chi connectivity index (χ0v) is 24.3. The van der Waals surface area contributed by atoms with Crippen molar-refractivity contribution in [2.45, 2.75) is 25.3 Å². The Morgan fingerprint density at radius 2 is 1.87 bits per heavy atom. The Hall–Kier alpha value is -5.83. The average molecular weight is 592 g/mol. The van der Waals surface area contributed by atoms with Gasteiger partial charge in [-0.1, -0.05) is 42.5 Å². The van der Waals surface area contributed by atoms with Crippen molar-refractivity contribution in [2.75, 3.05) is 11.9 Å². The number of hydrogen-bond acceptors (Lipinski definition) is 8. The molecule has 9 heteroatoms.